The SMILES string of the molecule is C#CC(=O)N(CCCCCC(=O)NCCOCCOC(=O)NNC(=O)C(C)CC(Cc1ccccc1)NC(=O)c1csc(C(CC(C(C)C)N(CCC)C(=O)C(NC(=O)C2CCCCN2C)C(C)CC)OCCC)n1)C(C)=O. The molecule has 5 N–H and O–H groups in total. The van der Waals surface area contributed by atoms with E-state index in [0.29, 0.717) is 56.7 Å². The molecule has 1 saturated heterocycles. The van der Waals surface area contributed by atoms with Gasteiger partial charge in [0.25, 0.3) is 5.91 Å². The van der Waals surface area contributed by atoms with E-state index in [1.807, 2.05) is 75.9 Å². The molecule has 1 fully saturated rings. The van der Waals surface area contributed by atoms with Crippen LogP contribution < -0.4 is 26.8 Å². The highest BCUT2D eigenvalue weighted by molar-refractivity contribution is 7.09. The number of thiazole rings is 1. The predicted octanol–water partition coefficient (Wildman–Crippen LogP) is 6.11. The van der Waals surface area contributed by atoms with Crippen LogP contribution in [0.3, 0.4) is 0 Å². The average molecular weight is 1110 g/mol. The molecule has 3 rings (SSSR count). The van der Waals surface area contributed by atoms with Crippen molar-refractivity contribution in [2.24, 2.45) is 17.8 Å². The second kappa shape index (κ2) is 36.3. The number of likely N-dealkylation sites (N-methyl/N-ethyl adjacent to an activating group) is 1. The number of hydrogen-bond donors (Lipinski definition) is 5. The van der Waals surface area contributed by atoms with Gasteiger partial charge in [0.15, 0.2) is 0 Å². The lowest BCUT2D eigenvalue weighted by Gasteiger charge is -2.40. The molecule has 20 nitrogen and oxygen atoms in total. The minimum absolute atomic E-state index is 0.0249. The molecule has 0 bridgehead atoms. The van der Waals surface area contributed by atoms with Crippen LogP contribution in [-0.2, 0) is 49.4 Å². The summed E-state index contributed by atoms with van der Waals surface area (Å²) < 4.78 is 17.0. The molecule has 0 radical (unpaired) electrons. The van der Waals surface area contributed by atoms with E-state index in [9.17, 15) is 38.4 Å². The largest absolute Gasteiger partial charge is 0.446 e. The number of nitrogens with one attached hydrogen (secondary N) is 5. The Morgan fingerprint density at radius 2 is 1.63 bits per heavy atom. The van der Waals surface area contributed by atoms with Crippen molar-refractivity contribution < 1.29 is 52.6 Å². The first-order valence-corrected chi connectivity index (χ1v) is 28.8. The molecule has 21 heteroatoms. The zero-order chi connectivity index (χ0) is 57.6. The van der Waals surface area contributed by atoms with Gasteiger partial charge in [-0.05, 0) is 88.3 Å². The number of ether oxygens (including phenoxy) is 3. The van der Waals surface area contributed by atoms with Gasteiger partial charge in [-0.25, -0.2) is 15.2 Å². The number of carbonyl (C=O) groups excluding carboxylic acids is 8. The molecule has 7 atom stereocenters. The smallest absolute Gasteiger partial charge is 0.426 e. The molecule has 78 heavy (non-hydrogen) atoms. The molecule has 7 unspecified atom stereocenters. The lowest BCUT2D eigenvalue weighted by molar-refractivity contribution is -0.143. The Labute approximate surface area is 466 Å². The topological polar surface area (TPSA) is 247 Å². The van der Waals surface area contributed by atoms with Gasteiger partial charge in [0.2, 0.25) is 29.5 Å². The molecule has 8 amide bonds. The van der Waals surface area contributed by atoms with Gasteiger partial charge in [-0.15, -0.1) is 17.8 Å². The fourth-order valence-electron chi connectivity index (χ4n) is 9.23. The minimum atomic E-state index is -0.900. The summed E-state index contributed by atoms with van der Waals surface area (Å²) in [5, 5.41) is 11.3. The van der Waals surface area contributed by atoms with Gasteiger partial charge < -0.3 is 35.1 Å². The van der Waals surface area contributed by atoms with Crippen LogP contribution in [0.5, 0.6) is 0 Å². The maximum absolute atomic E-state index is 14.8. The van der Waals surface area contributed by atoms with Crippen LogP contribution in [0.1, 0.15) is 160 Å². The van der Waals surface area contributed by atoms with Gasteiger partial charge in [-0.1, -0.05) is 98.1 Å². The number of hydrogen-bond acceptors (Lipinski definition) is 14. The quantitative estimate of drug-likeness (QED) is 0.0302. The van der Waals surface area contributed by atoms with Crippen LogP contribution in [-0.4, -0.2) is 151 Å². The van der Waals surface area contributed by atoms with Gasteiger partial charge in [0, 0.05) is 69.4 Å². The summed E-state index contributed by atoms with van der Waals surface area (Å²) in [6.45, 7) is 17.6. The zero-order valence-corrected chi connectivity index (χ0v) is 48.5. The minimum Gasteiger partial charge on any atom is -0.446 e. The fraction of sp³-hybridized carbons (Fsp3) is 0.667. The van der Waals surface area contributed by atoms with Crippen molar-refractivity contribution in [3.05, 3.63) is 52.0 Å². The van der Waals surface area contributed by atoms with Crippen LogP contribution in [0.4, 0.5) is 4.79 Å². The predicted molar refractivity (Wildman–Crippen MR) is 299 cm³/mol. The van der Waals surface area contributed by atoms with Crippen LogP contribution in [0.15, 0.2) is 35.7 Å². The van der Waals surface area contributed by atoms with Crippen molar-refractivity contribution in [2.45, 2.75) is 169 Å². The molecule has 0 aliphatic carbocycles. The van der Waals surface area contributed by atoms with Crippen molar-refractivity contribution in [1.29, 1.82) is 0 Å². The number of aromatic nitrogens is 1. The van der Waals surface area contributed by atoms with E-state index in [0.717, 1.165) is 49.1 Å². The maximum Gasteiger partial charge on any atom is 0.426 e. The number of piperidine rings is 1. The molecular formula is C57H89N9O11S. The van der Waals surface area contributed by atoms with Gasteiger partial charge in [-0.3, -0.25) is 48.8 Å². The first-order valence-electron chi connectivity index (χ1n) is 27.9. The summed E-state index contributed by atoms with van der Waals surface area (Å²) in [5.41, 5.74) is 5.79. The van der Waals surface area contributed by atoms with Gasteiger partial charge in [-0.2, -0.15) is 0 Å². The third-order valence-corrected chi connectivity index (χ3v) is 14.8. The van der Waals surface area contributed by atoms with Crippen molar-refractivity contribution in [2.75, 3.05) is 59.7 Å². The number of imide groups is 1. The molecule has 1 aromatic heterocycles. The van der Waals surface area contributed by atoms with E-state index in [2.05, 4.69) is 45.5 Å². The number of hydrazine groups is 1. The number of benzene rings is 1. The standard InChI is InChI=1S/C57H89N9O11S/c1-11-28-66(56(73)51(40(7)13-3)61-54(72)46-25-20-22-29-64(46)10)47(39(5)6)37-48(76-31-12-2)55-60-45(38-78-55)53(71)59-44(36-43-23-17-15-18-24-43)35-41(8)52(70)62-63-57(74)77-34-33-75-32-27-58-49(68)26-19-16-21-30-65(42(9)67)50(69)14-4/h4,15,17-18,23-24,38-41,44,46-48,51H,11-13,16,19-22,25-37H2,1-3,5-10H3,(H,58,68)(H,59,71)(H,61,72)(H,62,70)(H,63,74). The van der Waals surface area contributed by atoms with E-state index < -0.39 is 53.8 Å². The summed E-state index contributed by atoms with van der Waals surface area (Å²) in [7, 11) is 1.97. The van der Waals surface area contributed by atoms with E-state index in [-0.39, 0.29) is 93.1 Å². The fourth-order valence-corrected chi connectivity index (χ4v) is 10.1. The summed E-state index contributed by atoms with van der Waals surface area (Å²) >= 11 is 1.32. The van der Waals surface area contributed by atoms with E-state index >= 15 is 0 Å². The molecular weight excluding hydrogens is 1020 g/mol. The Hall–Kier alpha value is -5.95. The summed E-state index contributed by atoms with van der Waals surface area (Å²) in [6, 6.07) is 7.84. The Morgan fingerprint density at radius 3 is 2.28 bits per heavy atom. The highest BCUT2D eigenvalue weighted by Gasteiger charge is 2.38. The number of rotatable bonds is 34. The Kier molecular flexibility index (Phi) is 30.8. The van der Waals surface area contributed by atoms with Gasteiger partial charge in [0.05, 0.1) is 19.3 Å². The summed E-state index contributed by atoms with van der Waals surface area (Å²) in [5.74, 6) is -1.22. The Balaban J connectivity index is 1.58. The molecule has 1 aliphatic rings. The van der Waals surface area contributed by atoms with Crippen LogP contribution in [0.25, 0.3) is 0 Å². The Bertz CT molecular complexity index is 2240. The summed E-state index contributed by atoms with van der Waals surface area (Å²) in [4.78, 5) is 114. The van der Waals surface area contributed by atoms with Crippen molar-refractivity contribution >= 4 is 58.8 Å². The third kappa shape index (κ3) is 23.2. The number of unbranched alkanes of at least 4 members (excludes halogenated alkanes) is 2. The second-order valence-corrected chi connectivity index (χ2v) is 21.4. The number of carbonyl (C=O) groups is 8. The van der Waals surface area contributed by atoms with E-state index in [4.69, 9.17) is 25.6 Å². The third-order valence-electron chi connectivity index (χ3n) is 13.9. The molecule has 2 aromatic rings. The number of terminal acetylenes is 1. The van der Waals surface area contributed by atoms with Crippen molar-refractivity contribution in [3.8, 4) is 12.3 Å². The Morgan fingerprint density at radius 1 is 0.885 bits per heavy atom. The lowest BCUT2D eigenvalue weighted by atomic mass is 9.92. The van der Waals surface area contributed by atoms with Crippen molar-refractivity contribution in [1.82, 2.24) is 46.5 Å². The molecule has 1 aromatic carbocycles. The molecule has 0 spiro atoms. The molecule has 2 heterocycles. The normalized spacial score (nSPS) is 15.8. The lowest BCUT2D eigenvalue weighted by Crippen LogP contribution is -2.58. The number of amides is 8. The van der Waals surface area contributed by atoms with Crippen LogP contribution >= 0.6 is 11.3 Å². The summed E-state index contributed by atoms with van der Waals surface area (Å²) in [6.07, 6.45) is 11.7. The molecule has 434 valence electrons. The average Bonchev–Trinajstić information content (AvgIpc) is 3.92. The molecule has 0 saturated carbocycles. The zero-order valence-electron chi connectivity index (χ0n) is 47.7. The number of likely N-dealkylation sites (tertiary alicyclic amines) is 1. The maximum atomic E-state index is 14.8. The van der Waals surface area contributed by atoms with E-state index in [1.54, 1.807) is 12.3 Å². The monoisotopic (exact) mass is 1110 g/mol. The van der Waals surface area contributed by atoms with Gasteiger partial charge in [0.1, 0.15) is 29.5 Å². The van der Waals surface area contributed by atoms with Crippen molar-refractivity contribution in [3.63, 3.8) is 0 Å². The van der Waals surface area contributed by atoms with Gasteiger partial charge >= 0.3 is 12.0 Å². The number of nitrogens with zero attached hydrogens (tertiary/aromatic N) is 4. The van der Waals surface area contributed by atoms with Crippen LogP contribution in [0.2, 0.25) is 0 Å². The van der Waals surface area contributed by atoms with E-state index in [1.165, 1.54) is 18.3 Å². The first kappa shape index (κ1) is 66.3. The highest BCUT2D eigenvalue weighted by atomic mass is 32.1. The molecule has 1 aliphatic heterocycles. The second-order valence-electron chi connectivity index (χ2n) is 20.5. The van der Waals surface area contributed by atoms with Crippen LogP contribution in [0, 0.1) is 30.1 Å². The highest BCUT2D eigenvalue weighted by Crippen LogP contribution is 2.32. The first-order chi connectivity index (χ1) is 37.3.